The van der Waals surface area contributed by atoms with E-state index in [2.05, 4.69) is 10.3 Å². The third-order valence-corrected chi connectivity index (χ3v) is 5.60. The molecule has 0 spiro atoms. The number of rotatable bonds is 3. The lowest BCUT2D eigenvalue weighted by atomic mass is 10.2. The van der Waals surface area contributed by atoms with Gasteiger partial charge in [-0.1, -0.05) is 53.3 Å². The van der Waals surface area contributed by atoms with Crippen LogP contribution < -0.4 is 10.9 Å². The van der Waals surface area contributed by atoms with Crippen molar-refractivity contribution >= 4 is 57.6 Å². The summed E-state index contributed by atoms with van der Waals surface area (Å²) in [6, 6.07) is 14.6. The van der Waals surface area contributed by atoms with Crippen molar-refractivity contribution in [1.82, 2.24) is 14.7 Å². The molecule has 0 radical (unpaired) electrons. The molecule has 2 N–H and O–H groups in total. The molecule has 2 aromatic heterocycles. The number of nitrogens with one attached hydrogen (secondary N) is 2. The van der Waals surface area contributed by atoms with E-state index in [1.807, 2.05) is 30.3 Å². The van der Waals surface area contributed by atoms with Crippen LogP contribution >= 0.6 is 35.2 Å². The summed E-state index contributed by atoms with van der Waals surface area (Å²) in [7, 11) is 0. The van der Waals surface area contributed by atoms with Gasteiger partial charge in [-0.3, -0.25) is 14.0 Å². The number of fused-ring (bicyclic) bond motifs is 3. The molecule has 2 aromatic carbocycles. The highest BCUT2D eigenvalue weighted by Gasteiger charge is 2.18. The number of aromatic nitrogens is 2. The molecule has 130 valence electrons. The average Bonchev–Trinajstić information content (AvgIpc) is 2.97. The molecule has 8 heteroatoms. The smallest absolute Gasteiger partial charge is 0.265 e. The van der Waals surface area contributed by atoms with E-state index in [1.54, 1.807) is 22.6 Å². The molecule has 0 aliphatic heterocycles. The summed E-state index contributed by atoms with van der Waals surface area (Å²) < 4.78 is 2.15. The van der Waals surface area contributed by atoms with Crippen molar-refractivity contribution in [2.24, 2.45) is 0 Å². The normalized spacial score (nSPS) is 11.1. The van der Waals surface area contributed by atoms with Crippen LogP contribution in [0.5, 0.6) is 0 Å². The van der Waals surface area contributed by atoms with Crippen LogP contribution in [0.2, 0.25) is 5.02 Å². The zero-order valence-electron chi connectivity index (χ0n) is 13.3. The van der Waals surface area contributed by atoms with Crippen LogP contribution in [0.25, 0.3) is 16.6 Å². The van der Waals surface area contributed by atoms with E-state index in [-0.39, 0.29) is 11.5 Å². The van der Waals surface area contributed by atoms with Gasteiger partial charge in [0.2, 0.25) is 0 Å². The van der Waals surface area contributed by atoms with Gasteiger partial charge in [0.15, 0.2) is 3.95 Å². The van der Waals surface area contributed by atoms with Crippen LogP contribution in [-0.2, 0) is 6.54 Å². The Morgan fingerprint density at radius 1 is 1.23 bits per heavy atom. The highest BCUT2D eigenvalue weighted by atomic mass is 35.5. The van der Waals surface area contributed by atoms with Crippen LogP contribution in [0, 0.1) is 3.95 Å². The first-order chi connectivity index (χ1) is 12.5. The fourth-order valence-electron chi connectivity index (χ4n) is 2.77. The van der Waals surface area contributed by atoms with Crippen LogP contribution in [0.1, 0.15) is 15.2 Å². The fourth-order valence-corrected chi connectivity index (χ4v) is 4.24. The SMILES string of the molecule is O=C(NCc1ccccc1)c1sc(=S)n2c1[nH]c(=O)c1ccc(Cl)cc12. The molecule has 4 rings (SSSR count). The second-order valence-electron chi connectivity index (χ2n) is 5.66. The van der Waals surface area contributed by atoms with Crippen molar-refractivity contribution in [1.29, 1.82) is 0 Å². The van der Waals surface area contributed by atoms with Crippen molar-refractivity contribution in [2.45, 2.75) is 6.54 Å². The number of carbonyl (C=O) groups is 1. The van der Waals surface area contributed by atoms with Gasteiger partial charge in [-0.2, -0.15) is 0 Å². The van der Waals surface area contributed by atoms with Crippen molar-refractivity contribution in [3.05, 3.63) is 78.3 Å². The lowest BCUT2D eigenvalue weighted by molar-refractivity contribution is 0.0956. The van der Waals surface area contributed by atoms with E-state index in [9.17, 15) is 9.59 Å². The second-order valence-corrected chi connectivity index (χ2v) is 7.75. The molecule has 0 bridgehead atoms. The molecular weight excluding hydrogens is 390 g/mol. The fraction of sp³-hybridized carbons (Fsp3) is 0.0556. The molecule has 0 unspecified atom stereocenters. The monoisotopic (exact) mass is 401 g/mol. The number of aromatic amines is 1. The predicted octanol–water partition coefficient (Wildman–Crippen LogP) is 4.16. The van der Waals surface area contributed by atoms with Crippen LogP contribution in [-0.4, -0.2) is 15.3 Å². The third kappa shape index (κ3) is 2.94. The molecule has 0 saturated carbocycles. The van der Waals surface area contributed by atoms with Gasteiger partial charge in [0.05, 0.1) is 10.9 Å². The van der Waals surface area contributed by atoms with Gasteiger partial charge in [-0.05, 0) is 36.0 Å². The van der Waals surface area contributed by atoms with Crippen molar-refractivity contribution in [2.75, 3.05) is 0 Å². The van der Waals surface area contributed by atoms with E-state index in [0.29, 0.717) is 36.9 Å². The number of thiazole rings is 1. The molecular formula is C18H12ClN3O2S2. The first-order valence-corrected chi connectivity index (χ1v) is 9.34. The Bertz CT molecular complexity index is 1260. The number of halogens is 1. The molecule has 0 atom stereocenters. The maximum atomic E-state index is 12.7. The van der Waals surface area contributed by atoms with Crippen molar-refractivity contribution in [3.8, 4) is 0 Å². The van der Waals surface area contributed by atoms with Crippen LogP contribution in [0.15, 0.2) is 53.3 Å². The molecule has 4 aromatic rings. The second kappa shape index (κ2) is 6.68. The number of H-pyrrole nitrogens is 1. The average molecular weight is 402 g/mol. The lowest BCUT2D eigenvalue weighted by Gasteiger charge is -2.05. The number of benzene rings is 2. The number of hydrogen-bond donors (Lipinski definition) is 2. The first-order valence-electron chi connectivity index (χ1n) is 7.74. The zero-order valence-corrected chi connectivity index (χ0v) is 15.7. The standard InChI is InChI=1S/C18H12ClN3O2S2/c19-11-6-7-12-13(8-11)22-15(21-16(12)23)14(26-18(22)25)17(24)20-9-10-4-2-1-3-5-10/h1-8H,9H2,(H,20,24)(H,21,23). The van der Waals surface area contributed by atoms with Gasteiger partial charge in [-0.15, -0.1) is 0 Å². The quantitative estimate of drug-likeness (QED) is 0.507. The Labute approximate surface area is 161 Å². The molecule has 5 nitrogen and oxygen atoms in total. The predicted molar refractivity (Wildman–Crippen MR) is 107 cm³/mol. The summed E-state index contributed by atoms with van der Waals surface area (Å²) in [5.74, 6) is -0.288. The summed E-state index contributed by atoms with van der Waals surface area (Å²) in [5.41, 5.74) is 1.66. The third-order valence-electron chi connectivity index (χ3n) is 3.99. The summed E-state index contributed by atoms with van der Waals surface area (Å²) in [5, 5.41) is 3.82. The highest BCUT2D eigenvalue weighted by molar-refractivity contribution is 7.73. The maximum Gasteiger partial charge on any atom is 0.265 e. The van der Waals surface area contributed by atoms with Crippen molar-refractivity contribution < 1.29 is 4.79 Å². The van der Waals surface area contributed by atoms with E-state index in [1.165, 1.54) is 0 Å². The van der Waals surface area contributed by atoms with E-state index in [4.69, 9.17) is 23.8 Å². The minimum absolute atomic E-state index is 0.288. The molecule has 2 heterocycles. The van der Waals surface area contributed by atoms with Gasteiger partial charge in [0.1, 0.15) is 10.5 Å². The zero-order chi connectivity index (χ0) is 18.3. The molecule has 0 saturated heterocycles. The molecule has 0 aliphatic carbocycles. The minimum Gasteiger partial charge on any atom is -0.347 e. The summed E-state index contributed by atoms with van der Waals surface area (Å²) in [6.07, 6.45) is 0. The topological polar surface area (TPSA) is 66.4 Å². The Kier molecular flexibility index (Phi) is 4.36. The Morgan fingerprint density at radius 2 is 2.00 bits per heavy atom. The number of amides is 1. The lowest BCUT2D eigenvalue weighted by Crippen LogP contribution is -2.23. The Morgan fingerprint density at radius 3 is 2.77 bits per heavy atom. The van der Waals surface area contributed by atoms with Crippen molar-refractivity contribution in [3.63, 3.8) is 0 Å². The van der Waals surface area contributed by atoms with Gasteiger partial charge < -0.3 is 10.3 Å². The summed E-state index contributed by atoms with van der Waals surface area (Å²) >= 11 is 12.6. The largest absolute Gasteiger partial charge is 0.347 e. The van der Waals surface area contributed by atoms with Crippen LogP contribution in [0.4, 0.5) is 0 Å². The first kappa shape index (κ1) is 17.0. The number of hydrogen-bond acceptors (Lipinski definition) is 4. The van der Waals surface area contributed by atoms with Gasteiger partial charge in [0, 0.05) is 11.6 Å². The highest BCUT2D eigenvalue weighted by Crippen LogP contribution is 2.24. The van der Waals surface area contributed by atoms with Crippen LogP contribution in [0.3, 0.4) is 0 Å². The van der Waals surface area contributed by atoms with E-state index < -0.39 is 0 Å². The summed E-state index contributed by atoms with van der Waals surface area (Å²) in [4.78, 5) is 28.2. The van der Waals surface area contributed by atoms with E-state index in [0.717, 1.165) is 16.9 Å². The molecule has 26 heavy (non-hydrogen) atoms. The van der Waals surface area contributed by atoms with Gasteiger partial charge in [-0.25, -0.2) is 0 Å². The van der Waals surface area contributed by atoms with Gasteiger partial charge in [0.25, 0.3) is 11.5 Å². The Balaban J connectivity index is 1.81. The number of nitrogens with zero attached hydrogens (tertiary/aromatic N) is 1. The number of carbonyl (C=O) groups excluding carboxylic acids is 1. The molecule has 0 aliphatic rings. The minimum atomic E-state index is -0.290. The molecule has 1 amide bonds. The van der Waals surface area contributed by atoms with Gasteiger partial charge >= 0.3 is 0 Å². The van der Waals surface area contributed by atoms with E-state index >= 15 is 0 Å². The Hall–Kier alpha value is -2.48. The maximum absolute atomic E-state index is 12.7. The molecule has 0 fully saturated rings. The summed E-state index contributed by atoms with van der Waals surface area (Å²) in [6.45, 7) is 0.389.